The van der Waals surface area contributed by atoms with Gasteiger partial charge in [0.25, 0.3) is 5.69 Å². The maximum absolute atomic E-state index is 13.0. The molecule has 0 aliphatic rings. The monoisotopic (exact) mass is 331 g/mol. The molecule has 0 unspecified atom stereocenters. The van der Waals surface area contributed by atoms with Gasteiger partial charge in [-0.25, -0.2) is 4.79 Å². The standard InChI is InChI=1S/C11H7F6NO4/c1-2-22-9(19)7-6(18(20)21)4-3-5(10(12,13)14)8(7)11(15,16)17/h3-4H,2H2,1H3. The van der Waals surface area contributed by atoms with Crippen LogP contribution >= 0.6 is 0 Å². The summed E-state index contributed by atoms with van der Waals surface area (Å²) in [5.74, 6) is -1.85. The summed E-state index contributed by atoms with van der Waals surface area (Å²) in [6.45, 7) is 0.716. The second kappa shape index (κ2) is 5.81. The number of rotatable bonds is 3. The van der Waals surface area contributed by atoms with Crippen molar-refractivity contribution in [1.29, 1.82) is 0 Å². The Balaban J connectivity index is 3.87. The number of carbonyl (C=O) groups is 1. The maximum atomic E-state index is 13.0. The number of hydrogen-bond donors (Lipinski definition) is 0. The van der Waals surface area contributed by atoms with Crippen molar-refractivity contribution in [1.82, 2.24) is 0 Å². The first kappa shape index (κ1) is 17.7. The van der Waals surface area contributed by atoms with Crippen molar-refractivity contribution in [3.63, 3.8) is 0 Å². The summed E-state index contributed by atoms with van der Waals surface area (Å²) in [5.41, 5.74) is -7.82. The Kier molecular flexibility index (Phi) is 4.68. The van der Waals surface area contributed by atoms with Gasteiger partial charge in [0.1, 0.15) is 5.56 Å². The Morgan fingerprint density at radius 3 is 2.09 bits per heavy atom. The van der Waals surface area contributed by atoms with Crippen LogP contribution < -0.4 is 0 Å². The minimum Gasteiger partial charge on any atom is -0.462 e. The molecule has 0 atom stereocenters. The molecule has 22 heavy (non-hydrogen) atoms. The number of benzene rings is 1. The molecule has 0 bridgehead atoms. The van der Waals surface area contributed by atoms with Gasteiger partial charge >= 0.3 is 18.3 Å². The number of esters is 1. The molecular weight excluding hydrogens is 324 g/mol. The summed E-state index contributed by atoms with van der Waals surface area (Å²) < 4.78 is 81.2. The molecule has 0 amide bonds. The molecule has 122 valence electrons. The van der Waals surface area contributed by atoms with Crippen molar-refractivity contribution < 1.29 is 40.8 Å². The van der Waals surface area contributed by atoms with E-state index in [1.165, 1.54) is 6.92 Å². The predicted molar refractivity (Wildman–Crippen MR) is 59.1 cm³/mol. The normalized spacial score (nSPS) is 12.1. The van der Waals surface area contributed by atoms with Crippen LogP contribution in [-0.4, -0.2) is 17.5 Å². The Bertz CT molecular complexity index is 608. The molecule has 11 heteroatoms. The van der Waals surface area contributed by atoms with Crippen LogP contribution in [0.4, 0.5) is 32.0 Å². The quantitative estimate of drug-likeness (QED) is 0.365. The third-order valence-electron chi connectivity index (χ3n) is 2.45. The van der Waals surface area contributed by atoms with E-state index in [0.29, 0.717) is 0 Å². The van der Waals surface area contributed by atoms with E-state index in [4.69, 9.17) is 0 Å². The number of nitro benzene ring substituents is 1. The fourth-order valence-corrected chi connectivity index (χ4v) is 1.68. The molecule has 0 aliphatic carbocycles. The second-order valence-electron chi connectivity index (χ2n) is 3.86. The van der Waals surface area contributed by atoms with Gasteiger partial charge in [-0.15, -0.1) is 0 Å². The van der Waals surface area contributed by atoms with Crippen molar-refractivity contribution in [3.05, 3.63) is 38.9 Å². The van der Waals surface area contributed by atoms with Gasteiger partial charge in [0.05, 0.1) is 22.7 Å². The van der Waals surface area contributed by atoms with E-state index >= 15 is 0 Å². The summed E-state index contributed by atoms with van der Waals surface area (Å²) in [6.07, 6.45) is -11.1. The molecule has 0 spiro atoms. The van der Waals surface area contributed by atoms with Crippen LogP contribution in [0.2, 0.25) is 0 Å². The average Bonchev–Trinajstić information content (AvgIpc) is 2.34. The van der Waals surface area contributed by atoms with E-state index in [2.05, 4.69) is 4.74 Å². The average molecular weight is 331 g/mol. The number of hydrogen-bond acceptors (Lipinski definition) is 4. The summed E-state index contributed by atoms with van der Waals surface area (Å²) in [5, 5.41) is 10.7. The number of halogens is 6. The van der Waals surface area contributed by atoms with Gasteiger partial charge in [0.2, 0.25) is 0 Å². The highest BCUT2D eigenvalue weighted by atomic mass is 19.4. The van der Waals surface area contributed by atoms with Crippen molar-refractivity contribution in [2.24, 2.45) is 0 Å². The first-order valence-corrected chi connectivity index (χ1v) is 5.54. The third-order valence-corrected chi connectivity index (χ3v) is 2.45. The molecular formula is C11H7F6NO4. The lowest BCUT2D eigenvalue weighted by Gasteiger charge is -2.18. The van der Waals surface area contributed by atoms with Gasteiger partial charge < -0.3 is 4.74 Å². The highest BCUT2D eigenvalue weighted by Gasteiger charge is 2.48. The van der Waals surface area contributed by atoms with Crippen molar-refractivity contribution in [2.45, 2.75) is 19.3 Å². The zero-order valence-electron chi connectivity index (χ0n) is 10.7. The number of nitrogens with zero attached hydrogens (tertiary/aromatic N) is 1. The van der Waals surface area contributed by atoms with Gasteiger partial charge in [-0.2, -0.15) is 26.3 Å². The smallest absolute Gasteiger partial charge is 0.418 e. The van der Waals surface area contributed by atoms with Crippen molar-refractivity contribution >= 4 is 11.7 Å². The van der Waals surface area contributed by atoms with Crippen LogP contribution in [0.1, 0.15) is 28.4 Å². The van der Waals surface area contributed by atoms with Crippen LogP contribution in [0.25, 0.3) is 0 Å². The van der Waals surface area contributed by atoms with Gasteiger partial charge in [-0.1, -0.05) is 0 Å². The molecule has 1 rings (SSSR count). The van der Waals surface area contributed by atoms with Crippen LogP contribution in [0.15, 0.2) is 12.1 Å². The van der Waals surface area contributed by atoms with E-state index in [0.717, 1.165) is 0 Å². The first-order chi connectivity index (χ1) is 9.91. The van der Waals surface area contributed by atoms with Gasteiger partial charge in [0, 0.05) is 6.07 Å². The van der Waals surface area contributed by atoms with E-state index in [9.17, 15) is 41.3 Å². The lowest BCUT2D eigenvalue weighted by Crippen LogP contribution is -2.23. The Morgan fingerprint density at radius 2 is 1.73 bits per heavy atom. The Morgan fingerprint density at radius 1 is 1.18 bits per heavy atom. The van der Waals surface area contributed by atoms with Crippen LogP contribution in [-0.2, 0) is 17.1 Å². The molecule has 0 saturated carbocycles. The number of alkyl halides is 6. The van der Waals surface area contributed by atoms with E-state index in [1.54, 1.807) is 0 Å². The lowest BCUT2D eigenvalue weighted by atomic mass is 9.98. The van der Waals surface area contributed by atoms with Crippen LogP contribution in [0.3, 0.4) is 0 Å². The minimum absolute atomic E-state index is 0.0936. The Labute approximate surface area is 118 Å². The number of nitro groups is 1. The molecule has 5 nitrogen and oxygen atoms in total. The molecule has 0 fully saturated rings. The van der Waals surface area contributed by atoms with E-state index < -0.39 is 52.2 Å². The van der Waals surface area contributed by atoms with Crippen molar-refractivity contribution in [3.8, 4) is 0 Å². The molecule has 0 heterocycles. The third kappa shape index (κ3) is 3.46. The Hall–Kier alpha value is -2.33. The minimum atomic E-state index is -5.64. The molecule has 0 aromatic heterocycles. The highest BCUT2D eigenvalue weighted by Crippen LogP contribution is 2.44. The van der Waals surface area contributed by atoms with E-state index in [1.807, 2.05) is 0 Å². The van der Waals surface area contributed by atoms with Crippen molar-refractivity contribution in [2.75, 3.05) is 6.61 Å². The fourth-order valence-electron chi connectivity index (χ4n) is 1.68. The van der Waals surface area contributed by atoms with Gasteiger partial charge in [-0.05, 0) is 13.0 Å². The van der Waals surface area contributed by atoms with Crippen LogP contribution in [0.5, 0.6) is 0 Å². The molecule has 0 saturated heterocycles. The maximum Gasteiger partial charge on any atom is 0.418 e. The van der Waals surface area contributed by atoms with E-state index in [-0.39, 0.29) is 12.1 Å². The SMILES string of the molecule is CCOC(=O)c1c([N+](=O)[O-])ccc(C(F)(F)F)c1C(F)(F)F. The van der Waals surface area contributed by atoms with Crippen LogP contribution in [0, 0.1) is 10.1 Å². The predicted octanol–water partition coefficient (Wildman–Crippen LogP) is 3.81. The summed E-state index contributed by atoms with van der Waals surface area (Å²) in [6, 6.07) is 0.0913. The summed E-state index contributed by atoms with van der Waals surface area (Å²) in [4.78, 5) is 20.9. The second-order valence-corrected chi connectivity index (χ2v) is 3.86. The summed E-state index contributed by atoms with van der Waals surface area (Å²) >= 11 is 0. The molecule has 0 radical (unpaired) electrons. The topological polar surface area (TPSA) is 69.4 Å². The molecule has 0 aliphatic heterocycles. The lowest BCUT2D eigenvalue weighted by molar-refractivity contribution is -0.385. The number of ether oxygens (including phenoxy) is 1. The fraction of sp³-hybridized carbons (Fsp3) is 0.364. The van der Waals surface area contributed by atoms with Gasteiger partial charge in [0.15, 0.2) is 0 Å². The zero-order valence-corrected chi connectivity index (χ0v) is 10.7. The molecule has 1 aromatic rings. The van der Waals surface area contributed by atoms with Gasteiger partial charge in [-0.3, -0.25) is 10.1 Å². The molecule has 0 N–H and O–H groups in total. The largest absolute Gasteiger partial charge is 0.462 e. The zero-order chi connectivity index (χ0) is 17.3. The highest BCUT2D eigenvalue weighted by molar-refractivity contribution is 5.96. The molecule has 1 aromatic carbocycles. The first-order valence-electron chi connectivity index (χ1n) is 5.54. The number of carbonyl (C=O) groups excluding carboxylic acids is 1. The summed E-state index contributed by atoms with van der Waals surface area (Å²) in [7, 11) is 0.